The number of anilines is 2. The van der Waals surface area contributed by atoms with Gasteiger partial charge < -0.3 is 15.5 Å². The summed E-state index contributed by atoms with van der Waals surface area (Å²) in [6.07, 6.45) is 5.73. The van der Waals surface area contributed by atoms with Crippen molar-refractivity contribution in [2.45, 2.75) is 45.6 Å². The molecule has 1 atom stereocenters. The van der Waals surface area contributed by atoms with Gasteiger partial charge in [0.15, 0.2) is 0 Å². The maximum Gasteiger partial charge on any atom is 0.243 e. The van der Waals surface area contributed by atoms with E-state index >= 15 is 0 Å². The molecule has 164 valence electrons. The third-order valence-corrected chi connectivity index (χ3v) is 5.59. The normalized spacial score (nSPS) is 15.4. The SMILES string of the molecule is CC(C)C[C@H](Nc1ccnc(N2CCC(Cc3ccccc3)CC2)n1)C(=O)NCC#N. The van der Waals surface area contributed by atoms with Gasteiger partial charge in [-0.3, -0.25) is 4.79 Å². The first-order valence-corrected chi connectivity index (χ1v) is 11.1. The van der Waals surface area contributed by atoms with Gasteiger partial charge in [0.2, 0.25) is 11.9 Å². The molecule has 1 aromatic carbocycles. The Kier molecular flexibility index (Phi) is 8.22. The topological polar surface area (TPSA) is 93.9 Å². The summed E-state index contributed by atoms with van der Waals surface area (Å²) in [6, 6.07) is 14.0. The lowest BCUT2D eigenvalue weighted by atomic mass is 9.90. The van der Waals surface area contributed by atoms with Gasteiger partial charge in [0.05, 0.1) is 6.07 Å². The van der Waals surface area contributed by atoms with Crippen LogP contribution in [0.3, 0.4) is 0 Å². The van der Waals surface area contributed by atoms with Crippen LogP contribution in [0.2, 0.25) is 0 Å². The monoisotopic (exact) mass is 420 g/mol. The van der Waals surface area contributed by atoms with Crippen molar-refractivity contribution in [2.24, 2.45) is 11.8 Å². The minimum atomic E-state index is -0.437. The summed E-state index contributed by atoms with van der Waals surface area (Å²) in [5, 5.41) is 14.6. The zero-order valence-electron chi connectivity index (χ0n) is 18.4. The van der Waals surface area contributed by atoms with Crippen molar-refractivity contribution in [2.75, 3.05) is 29.9 Å². The number of hydrogen-bond acceptors (Lipinski definition) is 6. The Bertz CT molecular complexity index is 871. The van der Waals surface area contributed by atoms with Crippen LogP contribution < -0.4 is 15.5 Å². The molecule has 1 aromatic heterocycles. The fourth-order valence-corrected chi connectivity index (χ4v) is 4.00. The number of aromatic nitrogens is 2. The molecule has 2 aromatic rings. The standard InChI is InChI=1S/C24H32N6O/c1-18(2)16-21(23(31)26-13-11-25)28-22-8-12-27-24(29-22)30-14-9-20(10-15-30)17-19-6-4-3-5-7-19/h3-8,12,18,20-21H,9-10,13-17H2,1-2H3,(H,26,31)(H,27,28,29)/t21-/m0/s1. The fourth-order valence-electron chi connectivity index (χ4n) is 4.00. The quantitative estimate of drug-likeness (QED) is 0.604. The molecule has 1 fully saturated rings. The lowest BCUT2D eigenvalue weighted by Crippen LogP contribution is -2.41. The summed E-state index contributed by atoms with van der Waals surface area (Å²) >= 11 is 0. The van der Waals surface area contributed by atoms with Crippen molar-refractivity contribution in [1.82, 2.24) is 15.3 Å². The number of nitriles is 1. The molecule has 0 radical (unpaired) electrons. The Hall–Kier alpha value is -3.14. The van der Waals surface area contributed by atoms with E-state index < -0.39 is 6.04 Å². The summed E-state index contributed by atoms with van der Waals surface area (Å²) in [7, 11) is 0. The Balaban J connectivity index is 1.59. The first-order chi connectivity index (χ1) is 15.0. The highest BCUT2D eigenvalue weighted by molar-refractivity contribution is 5.84. The van der Waals surface area contributed by atoms with Crippen LogP contribution >= 0.6 is 0 Å². The Morgan fingerprint density at radius 2 is 1.97 bits per heavy atom. The van der Waals surface area contributed by atoms with Crippen molar-refractivity contribution < 1.29 is 4.79 Å². The van der Waals surface area contributed by atoms with Crippen LogP contribution in [-0.2, 0) is 11.2 Å². The van der Waals surface area contributed by atoms with Crippen LogP contribution in [0.4, 0.5) is 11.8 Å². The van der Waals surface area contributed by atoms with Crippen LogP contribution in [0.25, 0.3) is 0 Å². The van der Waals surface area contributed by atoms with Gasteiger partial charge in [-0.2, -0.15) is 10.2 Å². The van der Waals surface area contributed by atoms with Crippen LogP contribution in [0, 0.1) is 23.2 Å². The van der Waals surface area contributed by atoms with E-state index in [0.717, 1.165) is 32.4 Å². The molecule has 7 heteroatoms. The van der Waals surface area contributed by atoms with Gasteiger partial charge >= 0.3 is 0 Å². The predicted molar refractivity (Wildman–Crippen MR) is 123 cm³/mol. The van der Waals surface area contributed by atoms with E-state index in [2.05, 4.69) is 69.7 Å². The van der Waals surface area contributed by atoms with E-state index in [0.29, 0.717) is 30.0 Å². The molecule has 0 spiro atoms. The third-order valence-electron chi connectivity index (χ3n) is 5.59. The molecule has 0 unspecified atom stereocenters. The second-order valence-electron chi connectivity index (χ2n) is 8.56. The second-order valence-corrected chi connectivity index (χ2v) is 8.56. The van der Waals surface area contributed by atoms with Crippen molar-refractivity contribution in [1.29, 1.82) is 5.26 Å². The van der Waals surface area contributed by atoms with Crippen molar-refractivity contribution in [3.8, 4) is 6.07 Å². The van der Waals surface area contributed by atoms with Crippen LogP contribution in [0.15, 0.2) is 42.6 Å². The molecule has 1 amide bonds. The molecule has 1 aliphatic heterocycles. The highest BCUT2D eigenvalue weighted by Gasteiger charge is 2.23. The van der Waals surface area contributed by atoms with Crippen LogP contribution in [0.5, 0.6) is 0 Å². The summed E-state index contributed by atoms with van der Waals surface area (Å²) in [4.78, 5) is 23.8. The first kappa shape index (κ1) is 22.5. The smallest absolute Gasteiger partial charge is 0.243 e. The molecule has 7 nitrogen and oxygen atoms in total. The van der Waals surface area contributed by atoms with Gasteiger partial charge in [0.25, 0.3) is 0 Å². The molecule has 0 bridgehead atoms. The predicted octanol–water partition coefficient (Wildman–Crippen LogP) is 3.40. The number of nitrogens with one attached hydrogen (secondary N) is 2. The molecular weight excluding hydrogens is 388 g/mol. The number of nitrogens with zero attached hydrogens (tertiary/aromatic N) is 4. The van der Waals surface area contributed by atoms with E-state index in [1.807, 2.05) is 6.07 Å². The highest BCUT2D eigenvalue weighted by Crippen LogP contribution is 2.24. The lowest BCUT2D eigenvalue weighted by Gasteiger charge is -2.32. The summed E-state index contributed by atoms with van der Waals surface area (Å²) in [5.41, 5.74) is 1.40. The number of carbonyl (C=O) groups excluding carboxylic acids is 1. The molecule has 2 N–H and O–H groups in total. The molecule has 2 heterocycles. The molecule has 1 saturated heterocycles. The number of rotatable bonds is 9. The zero-order valence-corrected chi connectivity index (χ0v) is 18.4. The van der Waals surface area contributed by atoms with E-state index in [4.69, 9.17) is 5.26 Å². The number of carbonyl (C=O) groups is 1. The van der Waals surface area contributed by atoms with Gasteiger partial charge in [0, 0.05) is 19.3 Å². The summed E-state index contributed by atoms with van der Waals surface area (Å²) in [5.74, 6) is 2.16. The van der Waals surface area contributed by atoms with Crippen LogP contribution in [-0.4, -0.2) is 41.6 Å². The van der Waals surface area contributed by atoms with Gasteiger partial charge in [-0.25, -0.2) is 4.98 Å². The van der Waals surface area contributed by atoms with Crippen molar-refractivity contribution in [3.05, 3.63) is 48.2 Å². The van der Waals surface area contributed by atoms with E-state index in [1.54, 1.807) is 12.3 Å². The van der Waals surface area contributed by atoms with E-state index in [9.17, 15) is 4.79 Å². The molecule has 0 saturated carbocycles. The van der Waals surface area contributed by atoms with E-state index in [1.165, 1.54) is 5.56 Å². The Morgan fingerprint density at radius 1 is 1.23 bits per heavy atom. The number of amides is 1. The average molecular weight is 421 g/mol. The minimum Gasteiger partial charge on any atom is -0.358 e. The van der Waals surface area contributed by atoms with Crippen molar-refractivity contribution >= 4 is 17.7 Å². The molecule has 31 heavy (non-hydrogen) atoms. The molecule has 3 rings (SSSR count). The first-order valence-electron chi connectivity index (χ1n) is 11.1. The van der Waals surface area contributed by atoms with Gasteiger partial charge in [0.1, 0.15) is 18.4 Å². The molecule has 0 aliphatic carbocycles. The zero-order chi connectivity index (χ0) is 22.1. The highest BCUT2D eigenvalue weighted by atomic mass is 16.2. The second kappa shape index (κ2) is 11.3. The Labute approximate surface area is 184 Å². The van der Waals surface area contributed by atoms with Gasteiger partial charge in [-0.15, -0.1) is 0 Å². The van der Waals surface area contributed by atoms with Gasteiger partial charge in [-0.05, 0) is 49.1 Å². The van der Waals surface area contributed by atoms with E-state index in [-0.39, 0.29) is 12.5 Å². The number of benzene rings is 1. The largest absolute Gasteiger partial charge is 0.358 e. The molecule has 1 aliphatic rings. The van der Waals surface area contributed by atoms with Crippen molar-refractivity contribution in [3.63, 3.8) is 0 Å². The summed E-state index contributed by atoms with van der Waals surface area (Å²) < 4.78 is 0. The number of hydrogen-bond donors (Lipinski definition) is 2. The third kappa shape index (κ3) is 6.95. The Morgan fingerprint density at radius 3 is 2.65 bits per heavy atom. The minimum absolute atomic E-state index is 0.00204. The molecular formula is C24H32N6O. The summed E-state index contributed by atoms with van der Waals surface area (Å²) in [6.45, 7) is 5.99. The fraction of sp³-hybridized carbons (Fsp3) is 0.500. The van der Waals surface area contributed by atoms with Crippen LogP contribution in [0.1, 0.15) is 38.7 Å². The lowest BCUT2D eigenvalue weighted by molar-refractivity contribution is -0.121. The number of piperidine rings is 1. The maximum absolute atomic E-state index is 12.4. The van der Waals surface area contributed by atoms with Gasteiger partial charge in [-0.1, -0.05) is 44.2 Å². The maximum atomic E-state index is 12.4. The average Bonchev–Trinajstić information content (AvgIpc) is 2.78.